The molecule has 0 atom stereocenters. The zero-order valence-electron chi connectivity index (χ0n) is 16.0. The predicted molar refractivity (Wildman–Crippen MR) is 96.2 cm³/mol. The van der Waals surface area contributed by atoms with Crippen molar-refractivity contribution in [1.29, 1.82) is 0 Å². The quantitative estimate of drug-likeness (QED) is 0.591. The fourth-order valence-electron chi connectivity index (χ4n) is 3.03. The van der Waals surface area contributed by atoms with Crippen molar-refractivity contribution < 1.29 is 24.0 Å². The minimum absolute atomic E-state index is 0.0400. The van der Waals surface area contributed by atoms with Gasteiger partial charge in [0, 0.05) is 45.4 Å². The second-order valence-corrected chi connectivity index (χ2v) is 7.34. The number of nitrogens with one attached hydrogen (secondary N) is 1. The van der Waals surface area contributed by atoms with Crippen LogP contribution in [0.3, 0.4) is 0 Å². The SMILES string of the molecule is CC(C)CCC(=O)NCC(=O)N1CCN(C(=O)CN2C(=O)CCC2=O)CC1. The molecule has 9 heteroatoms. The molecule has 0 saturated carbocycles. The number of piperazine rings is 1. The van der Waals surface area contributed by atoms with Crippen molar-refractivity contribution in [2.24, 2.45) is 5.92 Å². The maximum Gasteiger partial charge on any atom is 0.242 e. The maximum atomic E-state index is 12.3. The fourth-order valence-corrected chi connectivity index (χ4v) is 3.03. The third-order valence-electron chi connectivity index (χ3n) is 4.82. The summed E-state index contributed by atoms with van der Waals surface area (Å²) in [5, 5.41) is 2.63. The number of rotatable bonds is 7. The minimum Gasteiger partial charge on any atom is -0.347 e. The van der Waals surface area contributed by atoms with Gasteiger partial charge in [-0.2, -0.15) is 0 Å². The van der Waals surface area contributed by atoms with Gasteiger partial charge in [-0.1, -0.05) is 13.8 Å². The molecule has 0 bridgehead atoms. The van der Waals surface area contributed by atoms with E-state index in [1.54, 1.807) is 9.80 Å². The van der Waals surface area contributed by atoms with Crippen molar-refractivity contribution in [3.63, 3.8) is 0 Å². The Labute approximate surface area is 159 Å². The van der Waals surface area contributed by atoms with Gasteiger partial charge < -0.3 is 15.1 Å². The molecule has 0 radical (unpaired) electrons. The summed E-state index contributed by atoms with van der Waals surface area (Å²) in [6.45, 7) is 5.25. The molecule has 2 rings (SSSR count). The van der Waals surface area contributed by atoms with E-state index < -0.39 is 0 Å². The van der Waals surface area contributed by atoms with E-state index in [4.69, 9.17) is 0 Å². The van der Waals surface area contributed by atoms with E-state index >= 15 is 0 Å². The molecule has 2 fully saturated rings. The molecular weight excluding hydrogens is 352 g/mol. The topological polar surface area (TPSA) is 107 Å². The highest BCUT2D eigenvalue weighted by Gasteiger charge is 2.33. The van der Waals surface area contributed by atoms with Crippen LogP contribution in [0.5, 0.6) is 0 Å². The Hall–Kier alpha value is -2.45. The summed E-state index contributed by atoms with van der Waals surface area (Å²) in [5.74, 6) is -0.780. The molecular formula is C18H28N4O5. The number of likely N-dealkylation sites (tertiary alicyclic amines) is 1. The molecule has 5 amide bonds. The van der Waals surface area contributed by atoms with Gasteiger partial charge in [0.1, 0.15) is 6.54 Å². The van der Waals surface area contributed by atoms with Crippen molar-refractivity contribution in [1.82, 2.24) is 20.0 Å². The molecule has 0 aliphatic carbocycles. The molecule has 2 aliphatic heterocycles. The van der Waals surface area contributed by atoms with Crippen LogP contribution in [0.1, 0.15) is 39.5 Å². The van der Waals surface area contributed by atoms with Crippen molar-refractivity contribution in [3.8, 4) is 0 Å². The van der Waals surface area contributed by atoms with Gasteiger partial charge in [0.05, 0.1) is 6.54 Å². The molecule has 0 aromatic carbocycles. The maximum absolute atomic E-state index is 12.3. The van der Waals surface area contributed by atoms with Gasteiger partial charge in [-0.3, -0.25) is 28.9 Å². The summed E-state index contributed by atoms with van der Waals surface area (Å²) in [5.41, 5.74) is 0. The highest BCUT2D eigenvalue weighted by atomic mass is 16.2. The van der Waals surface area contributed by atoms with Crippen LogP contribution in [0.2, 0.25) is 0 Å². The van der Waals surface area contributed by atoms with E-state index in [9.17, 15) is 24.0 Å². The first-order valence-electron chi connectivity index (χ1n) is 9.43. The summed E-state index contributed by atoms with van der Waals surface area (Å²) in [4.78, 5) is 63.6. The zero-order valence-corrected chi connectivity index (χ0v) is 16.0. The number of carbonyl (C=O) groups is 5. The Morgan fingerprint density at radius 3 is 1.96 bits per heavy atom. The summed E-state index contributed by atoms with van der Waals surface area (Å²) in [6.07, 6.45) is 1.51. The molecule has 0 spiro atoms. The summed E-state index contributed by atoms with van der Waals surface area (Å²) < 4.78 is 0. The normalized spacial score (nSPS) is 17.7. The molecule has 9 nitrogen and oxygen atoms in total. The number of amides is 5. The van der Waals surface area contributed by atoms with Gasteiger partial charge in [-0.15, -0.1) is 0 Å². The Morgan fingerprint density at radius 1 is 0.926 bits per heavy atom. The van der Waals surface area contributed by atoms with E-state index in [0.29, 0.717) is 38.5 Å². The smallest absolute Gasteiger partial charge is 0.242 e. The monoisotopic (exact) mass is 380 g/mol. The van der Waals surface area contributed by atoms with Crippen LogP contribution < -0.4 is 5.32 Å². The first-order chi connectivity index (χ1) is 12.8. The highest BCUT2D eigenvalue weighted by Crippen LogP contribution is 2.12. The fraction of sp³-hybridized carbons (Fsp3) is 0.722. The summed E-state index contributed by atoms with van der Waals surface area (Å²) >= 11 is 0. The first kappa shape index (κ1) is 20.9. The van der Waals surface area contributed by atoms with Gasteiger partial charge in [-0.05, 0) is 12.3 Å². The second-order valence-electron chi connectivity index (χ2n) is 7.34. The second kappa shape index (κ2) is 9.48. The Balaban J connectivity index is 1.70. The van der Waals surface area contributed by atoms with Gasteiger partial charge in [0.2, 0.25) is 29.5 Å². The van der Waals surface area contributed by atoms with E-state index in [2.05, 4.69) is 5.32 Å². The van der Waals surface area contributed by atoms with E-state index in [1.807, 2.05) is 13.8 Å². The number of hydrogen-bond acceptors (Lipinski definition) is 5. The molecule has 150 valence electrons. The molecule has 2 aliphatic rings. The van der Waals surface area contributed by atoms with Crippen LogP contribution >= 0.6 is 0 Å². The van der Waals surface area contributed by atoms with Crippen LogP contribution in [-0.4, -0.2) is 83.5 Å². The Morgan fingerprint density at radius 2 is 1.44 bits per heavy atom. The van der Waals surface area contributed by atoms with Gasteiger partial charge in [-0.25, -0.2) is 0 Å². The molecule has 2 saturated heterocycles. The van der Waals surface area contributed by atoms with Crippen LogP contribution in [0.15, 0.2) is 0 Å². The third kappa shape index (κ3) is 6.04. The Kier molecular flexibility index (Phi) is 7.32. The summed E-state index contributed by atoms with van der Waals surface area (Å²) in [7, 11) is 0. The van der Waals surface area contributed by atoms with E-state index in [1.165, 1.54) is 0 Å². The largest absolute Gasteiger partial charge is 0.347 e. The highest BCUT2D eigenvalue weighted by molar-refractivity contribution is 6.04. The molecule has 0 unspecified atom stereocenters. The average Bonchev–Trinajstić information content (AvgIpc) is 2.96. The number of nitrogens with zero attached hydrogens (tertiary/aromatic N) is 3. The van der Waals surface area contributed by atoms with Crippen molar-refractivity contribution in [2.75, 3.05) is 39.3 Å². The Bertz CT molecular complexity index is 595. The molecule has 27 heavy (non-hydrogen) atoms. The van der Waals surface area contributed by atoms with Crippen LogP contribution in [0.4, 0.5) is 0 Å². The third-order valence-corrected chi connectivity index (χ3v) is 4.82. The minimum atomic E-state index is -0.310. The lowest BCUT2D eigenvalue weighted by Gasteiger charge is -2.35. The van der Waals surface area contributed by atoms with Crippen molar-refractivity contribution in [3.05, 3.63) is 0 Å². The van der Waals surface area contributed by atoms with Crippen molar-refractivity contribution in [2.45, 2.75) is 39.5 Å². The lowest BCUT2D eigenvalue weighted by molar-refractivity contribution is -0.147. The molecule has 0 aromatic heterocycles. The number of carbonyl (C=O) groups excluding carboxylic acids is 5. The predicted octanol–water partition coefficient (Wildman–Crippen LogP) is -0.641. The van der Waals surface area contributed by atoms with E-state index in [0.717, 1.165) is 11.3 Å². The van der Waals surface area contributed by atoms with Gasteiger partial charge >= 0.3 is 0 Å². The van der Waals surface area contributed by atoms with Crippen LogP contribution in [0.25, 0.3) is 0 Å². The van der Waals surface area contributed by atoms with Gasteiger partial charge in [0.25, 0.3) is 0 Å². The van der Waals surface area contributed by atoms with Crippen LogP contribution in [0, 0.1) is 5.92 Å². The summed E-state index contributed by atoms with van der Waals surface area (Å²) in [6, 6.07) is 0. The lowest BCUT2D eigenvalue weighted by atomic mass is 10.1. The van der Waals surface area contributed by atoms with Crippen molar-refractivity contribution >= 4 is 29.5 Å². The molecule has 2 heterocycles. The number of hydrogen-bond donors (Lipinski definition) is 1. The lowest BCUT2D eigenvalue weighted by Crippen LogP contribution is -2.54. The van der Waals surface area contributed by atoms with Crippen LogP contribution in [-0.2, 0) is 24.0 Å². The average molecular weight is 380 g/mol. The zero-order chi connectivity index (χ0) is 20.0. The van der Waals surface area contributed by atoms with Gasteiger partial charge in [0.15, 0.2) is 0 Å². The molecule has 1 N–H and O–H groups in total. The molecule has 0 aromatic rings. The van der Waals surface area contributed by atoms with E-state index in [-0.39, 0.29) is 55.5 Å². The first-order valence-corrected chi connectivity index (χ1v) is 9.43. The number of imide groups is 1. The standard InChI is InChI=1S/C18H28N4O5/c1-13(2)3-4-14(23)19-11-17(26)20-7-9-21(10-8-20)18(27)12-22-15(24)5-6-16(22)25/h13H,3-12H2,1-2H3,(H,19,23).